The molecule has 1 rings (SSSR count). The summed E-state index contributed by atoms with van der Waals surface area (Å²) in [5, 5.41) is 7.07. The number of carbonyl (C=O) groups excluding carboxylic acids is 1. The Morgan fingerprint density at radius 1 is 1.36 bits per heavy atom. The molecule has 1 aliphatic rings. The number of aldehydes is 1. The molecule has 1 N–H and O–H groups in total. The van der Waals surface area contributed by atoms with Crippen LogP contribution in [0.2, 0.25) is 0 Å². The predicted molar refractivity (Wildman–Crippen MR) is 42.3 cm³/mol. The lowest BCUT2D eigenvalue weighted by molar-refractivity contribution is -0.214. The molecule has 0 aliphatic heterocycles. The number of rotatable bonds is 1. The summed E-state index contributed by atoms with van der Waals surface area (Å²) in [5.74, 6) is 0.406. The lowest BCUT2D eigenvalue weighted by Crippen LogP contribution is -2.06. The van der Waals surface area contributed by atoms with Crippen LogP contribution in [-0.2, 0) is 9.68 Å². The van der Waals surface area contributed by atoms with Crippen LogP contribution in [0.25, 0.3) is 0 Å². The fourth-order valence-electron chi connectivity index (χ4n) is 1.27. The van der Waals surface area contributed by atoms with E-state index in [-0.39, 0.29) is 0 Å². The molecule has 0 unspecified atom stereocenters. The molecule has 11 heavy (non-hydrogen) atoms. The van der Waals surface area contributed by atoms with Crippen molar-refractivity contribution in [2.24, 2.45) is 5.92 Å². The molecule has 1 aliphatic carbocycles. The van der Waals surface area contributed by atoms with Crippen molar-refractivity contribution < 1.29 is 14.9 Å². The molecule has 0 atom stereocenters. The van der Waals surface area contributed by atoms with E-state index in [1.165, 1.54) is 26.4 Å². The highest BCUT2D eigenvalue weighted by molar-refractivity contribution is 5.53. The van der Waals surface area contributed by atoms with Gasteiger partial charge in [0.25, 0.3) is 0 Å². The molecule has 0 saturated heterocycles. The van der Waals surface area contributed by atoms with Crippen LogP contribution in [0.5, 0.6) is 0 Å². The maximum Gasteiger partial charge on any atom is 0.123 e. The Morgan fingerprint density at radius 2 is 1.82 bits per heavy atom. The Labute approximate surface area is 67.3 Å². The van der Waals surface area contributed by atoms with Crippen molar-refractivity contribution in [1.82, 2.24) is 0 Å². The second kappa shape index (κ2) is 7.69. The van der Waals surface area contributed by atoms with E-state index in [0.29, 0.717) is 5.92 Å². The number of hydrogen-bond donors (Lipinski definition) is 1. The quantitative estimate of drug-likeness (QED) is 0.362. The van der Waals surface area contributed by atoms with Gasteiger partial charge in [-0.05, 0) is 12.8 Å². The highest BCUT2D eigenvalue weighted by atomic mass is 17.1. The summed E-state index contributed by atoms with van der Waals surface area (Å²) in [5.41, 5.74) is 0. The lowest BCUT2D eigenvalue weighted by Gasteiger charge is -2.14. The smallest absolute Gasteiger partial charge is 0.123 e. The molecule has 0 aromatic rings. The van der Waals surface area contributed by atoms with Gasteiger partial charge in [0.05, 0.1) is 7.11 Å². The van der Waals surface area contributed by atoms with Crippen LogP contribution in [0.1, 0.15) is 32.1 Å². The monoisotopic (exact) mass is 160 g/mol. The van der Waals surface area contributed by atoms with Crippen molar-refractivity contribution in [3.8, 4) is 0 Å². The van der Waals surface area contributed by atoms with Crippen molar-refractivity contribution >= 4 is 6.29 Å². The summed E-state index contributed by atoms with van der Waals surface area (Å²) in [6, 6.07) is 0. The standard InChI is InChI=1S/C7H12O.CH4O2/c8-6-7-4-2-1-3-5-7;1-3-2/h6-7H,1-5H2;2H,1H3. The average Bonchev–Trinajstić information content (AvgIpc) is 2.08. The molecular formula is C8H16O3. The highest BCUT2D eigenvalue weighted by Gasteiger charge is 2.10. The topological polar surface area (TPSA) is 46.5 Å². The van der Waals surface area contributed by atoms with Gasteiger partial charge in [-0.3, -0.25) is 5.26 Å². The van der Waals surface area contributed by atoms with Crippen molar-refractivity contribution in [3.63, 3.8) is 0 Å². The van der Waals surface area contributed by atoms with Crippen LogP contribution in [-0.4, -0.2) is 18.7 Å². The Bertz CT molecular complexity index is 87.3. The van der Waals surface area contributed by atoms with Crippen LogP contribution in [0.4, 0.5) is 0 Å². The zero-order valence-electron chi connectivity index (χ0n) is 6.95. The third-order valence-corrected chi connectivity index (χ3v) is 1.84. The molecule has 0 bridgehead atoms. The van der Waals surface area contributed by atoms with Gasteiger partial charge in [0.2, 0.25) is 0 Å². The maximum atomic E-state index is 10.2. The fraction of sp³-hybridized carbons (Fsp3) is 0.875. The van der Waals surface area contributed by atoms with Crippen LogP contribution in [0, 0.1) is 5.92 Å². The van der Waals surface area contributed by atoms with Gasteiger partial charge in [-0.25, -0.2) is 4.89 Å². The molecule has 0 radical (unpaired) electrons. The van der Waals surface area contributed by atoms with Crippen LogP contribution < -0.4 is 0 Å². The van der Waals surface area contributed by atoms with Gasteiger partial charge in [0, 0.05) is 5.92 Å². The van der Waals surface area contributed by atoms with Gasteiger partial charge in [0.1, 0.15) is 6.29 Å². The summed E-state index contributed by atoms with van der Waals surface area (Å²) < 4.78 is 0. The van der Waals surface area contributed by atoms with Crippen molar-refractivity contribution in [2.45, 2.75) is 32.1 Å². The first-order valence-corrected chi connectivity index (χ1v) is 3.98. The third-order valence-electron chi connectivity index (χ3n) is 1.84. The second-order valence-electron chi connectivity index (χ2n) is 2.72. The number of carbonyl (C=O) groups is 1. The first-order chi connectivity index (χ1) is 5.35. The molecule has 0 aromatic heterocycles. The minimum atomic E-state index is 0.406. The van der Waals surface area contributed by atoms with E-state index in [4.69, 9.17) is 5.26 Å². The van der Waals surface area contributed by atoms with Crippen LogP contribution >= 0.6 is 0 Å². The van der Waals surface area contributed by atoms with E-state index in [1.54, 1.807) is 0 Å². The van der Waals surface area contributed by atoms with E-state index in [1.807, 2.05) is 0 Å². The van der Waals surface area contributed by atoms with Gasteiger partial charge in [0.15, 0.2) is 0 Å². The maximum absolute atomic E-state index is 10.2. The van der Waals surface area contributed by atoms with E-state index in [9.17, 15) is 4.79 Å². The molecule has 0 heterocycles. The van der Waals surface area contributed by atoms with Gasteiger partial charge in [-0.15, -0.1) is 0 Å². The summed E-state index contributed by atoms with van der Waals surface area (Å²) in [6.07, 6.45) is 7.27. The first-order valence-electron chi connectivity index (χ1n) is 3.98. The Kier molecular flexibility index (Phi) is 7.41. The first kappa shape index (κ1) is 10.6. The molecular weight excluding hydrogens is 144 g/mol. The minimum Gasteiger partial charge on any atom is -0.303 e. The minimum absolute atomic E-state index is 0.406. The van der Waals surface area contributed by atoms with Gasteiger partial charge < -0.3 is 4.79 Å². The van der Waals surface area contributed by atoms with Crippen molar-refractivity contribution in [2.75, 3.05) is 7.11 Å². The Morgan fingerprint density at radius 3 is 2.09 bits per heavy atom. The summed E-state index contributed by atoms with van der Waals surface area (Å²) in [4.78, 5) is 13.4. The van der Waals surface area contributed by atoms with Crippen molar-refractivity contribution in [1.29, 1.82) is 0 Å². The lowest BCUT2D eigenvalue weighted by atomic mass is 9.91. The largest absolute Gasteiger partial charge is 0.303 e. The fourth-order valence-corrected chi connectivity index (χ4v) is 1.27. The molecule has 0 aromatic carbocycles. The molecule has 0 spiro atoms. The molecule has 3 heteroatoms. The predicted octanol–water partition coefficient (Wildman–Crippen LogP) is 1.87. The molecule has 66 valence electrons. The van der Waals surface area contributed by atoms with Gasteiger partial charge in [-0.2, -0.15) is 0 Å². The molecule has 3 nitrogen and oxygen atoms in total. The van der Waals surface area contributed by atoms with Crippen LogP contribution in [0.3, 0.4) is 0 Å². The molecule has 1 saturated carbocycles. The number of hydrogen-bond acceptors (Lipinski definition) is 3. The van der Waals surface area contributed by atoms with Crippen LogP contribution in [0.15, 0.2) is 0 Å². The van der Waals surface area contributed by atoms with E-state index >= 15 is 0 Å². The molecule has 1 fully saturated rings. The zero-order valence-corrected chi connectivity index (χ0v) is 6.95. The Hall–Kier alpha value is -0.410. The van der Waals surface area contributed by atoms with E-state index in [2.05, 4.69) is 4.89 Å². The van der Waals surface area contributed by atoms with Crippen molar-refractivity contribution in [3.05, 3.63) is 0 Å². The zero-order chi connectivity index (χ0) is 8.53. The molecule has 0 amide bonds. The normalized spacial score (nSPS) is 18.4. The summed E-state index contributed by atoms with van der Waals surface area (Å²) >= 11 is 0. The van der Waals surface area contributed by atoms with Gasteiger partial charge >= 0.3 is 0 Å². The van der Waals surface area contributed by atoms with E-state index < -0.39 is 0 Å². The Balaban J connectivity index is 0.000000292. The van der Waals surface area contributed by atoms with E-state index in [0.717, 1.165) is 19.1 Å². The average molecular weight is 160 g/mol. The summed E-state index contributed by atoms with van der Waals surface area (Å²) in [7, 11) is 1.18. The second-order valence-corrected chi connectivity index (χ2v) is 2.72. The third kappa shape index (κ3) is 6.01. The SMILES string of the molecule is COO.O=CC1CCCCC1. The van der Waals surface area contributed by atoms with Gasteiger partial charge in [-0.1, -0.05) is 19.3 Å². The highest BCUT2D eigenvalue weighted by Crippen LogP contribution is 2.21. The summed E-state index contributed by atoms with van der Waals surface area (Å²) in [6.45, 7) is 0.